The molecule has 3 rings (SSSR count). The fourth-order valence-electron chi connectivity index (χ4n) is 2.99. The average molecular weight is 418 g/mol. The van der Waals surface area contributed by atoms with Crippen LogP contribution in [0.15, 0.2) is 77.6 Å². The third-order valence-electron chi connectivity index (χ3n) is 4.61. The highest BCUT2D eigenvalue weighted by Crippen LogP contribution is 2.25. The second-order valence-corrected chi connectivity index (χ2v) is 6.75. The van der Waals surface area contributed by atoms with E-state index in [0.717, 1.165) is 17.5 Å². The van der Waals surface area contributed by atoms with Gasteiger partial charge in [0, 0.05) is 35.3 Å². The summed E-state index contributed by atoms with van der Waals surface area (Å²) in [5, 5.41) is 6.10. The minimum Gasteiger partial charge on any atom is -0.388 e. The number of carbonyl (C=O) groups excluding carboxylic acids is 1. The molecule has 0 fully saturated rings. The number of hydrogen-bond donors (Lipinski definition) is 4. The normalized spacial score (nSPS) is 15.1. The van der Waals surface area contributed by atoms with E-state index in [4.69, 9.17) is 11.5 Å². The van der Waals surface area contributed by atoms with Gasteiger partial charge >= 0.3 is 0 Å². The molecule has 2 heterocycles. The van der Waals surface area contributed by atoms with Crippen LogP contribution >= 0.6 is 0 Å². The van der Waals surface area contributed by atoms with Crippen molar-refractivity contribution in [3.63, 3.8) is 0 Å². The summed E-state index contributed by atoms with van der Waals surface area (Å²) >= 11 is 0. The molecule has 6 N–H and O–H groups in total. The number of dihydropyridines is 1. The van der Waals surface area contributed by atoms with Gasteiger partial charge in [-0.25, -0.2) is 9.37 Å². The first-order valence-electron chi connectivity index (χ1n) is 9.45. The zero-order chi connectivity index (χ0) is 22.5. The van der Waals surface area contributed by atoms with E-state index in [9.17, 15) is 9.18 Å². The first kappa shape index (κ1) is 21.5. The summed E-state index contributed by atoms with van der Waals surface area (Å²) in [5.41, 5.74) is 15.2. The molecule has 1 amide bonds. The van der Waals surface area contributed by atoms with Gasteiger partial charge in [-0.2, -0.15) is 4.99 Å². The topological polar surface area (TPSA) is 118 Å². The summed E-state index contributed by atoms with van der Waals surface area (Å²) in [4.78, 5) is 20.4. The van der Waals surface area contributed by atoms with E-state index in [2.05, 4.69) is 27.2 Å². The molecule has 1 aliphatic rings. The maximum atomic E-state index is 15.0. The second kappa shape index (κ2) is 9.08. The molecule has 1 aromatic carbocycles. The quantitative estimate of drug-likeness (QED) is 0.437. The Labute approximate surface area is 179 Å². The average Bonchev–Trinajstić information content (AvgIpc) is 2.76. The highest BCUT2D eigenvalue weighted by molar-refractivity contribution is 6.10. The lowest BCUT2D eigenvalue weighted by atomic mass is 10.0. The van der Waals surface area contributed by atoms with E-state index in [-0.39, 0.29) is 22.9 Å². The van der Waals surface area contributed by atoms with Gasteiger partial charge in [-0.15, -0.1) is 0 Å². The summed E-state index contributed by atoms with van der Waals surface area (Å²) in [6.45, 7) is 5.64. The van der Waals surface area contributed by atoms with E-state index in [0.29, 0.717) is 16.8 Å². The highest BCUT2D eigenvalue weighted by atomic mass is 19.1. The molecule has 7 nitrogen and oxygen atoms in total. The first-order chi connectivity index (χ1) is 14.8. The van der Waals surface area contributed by atoms with Gasteiger partial charge < -0.3 is 22.1 Å². The van der Waals surface area contributed by atoms with E-state index in [1.807, 2.05) is 19.1 Å². The summed E-state index contributed by atoms with van der Waals surface area (Å²) in [6.07, 6.45) is 6.99. The van der Waals surface area contributed by atoms with Gasteiger partial charge in [0.1, 0.15) is 23.2 Å². The van der Waals surface area contributed by atoms with E-state index < -0.39 is 11.7 Å². The fraction of sp³-hybridized carbons (Fsp3) is 0.0870. The smallest absolute Gasteiger partial charge is 0.278 e. The number of allylic oxidation sites excluding steroid dienone is 6. The van der Waals surface area contributed by atoms with Crippen molar-refractivity contribution < 1.29 is 9.18 Å². The molecule has 0 spiro atoms. The van der Waals surface area contributed by atoms with Crippen LogP contribution in [0, 0.1) is 5.82 Å². The Kier molecular flexibility index (Phi) is 6.30. The standard InChI is InChI=1S/C23H23FN6O/c1-4-16(19-7-5-6-13(2)28-19)20-18(24)12-17(21(25)29-20)22(26)30-23(31)14-8-10-15(27-3)11-9-14/h4-12,27-28H,1H2,2-3H3,(H2,25,29)(H2,26,30,31)/b19-16+. The third-order valence-corrected chi connectivity index (χ3v) is 4.61. The minimum absolute atomic E-state index is 0.0138. The van der Waals surface area contributed by atoms with Gasteiger partial charge in [0.05, 0.1) is 5.56 Å². The van der Waals surface area contributed by atoms with Gasteiger partial charge in [0.2, 0.25) is 0 Å². The fourth-order valence-corrected chi connectivity index (χ4v) is 2.99. The molecule has 1 aliphatic heterocycles. The van der Waals surface area contributed by atoms with Crippen LogP contribution in [0.25, 0.3) is 5.57 Å². The number of nitrogens with zero attached hydrogens (tertiary/aromatic N) is 2. The molecule has 0 saturated heterocycles. The van der Waals surface area contributed by atoms with Crippen molar-refractivity contribution in [1.82, 2.24) is 10.3 Å². The Morgan fingerprint density at radius 2 is 2.03 bits per heavy atom. The monoisotopic (exact) mass is 418 g/mol. The number of nitrogens with one attached hydrogen (secondary N) is 2. The molecule has 0 aliphatic carbocycles. The lowest BCUT2D eigenvalue weighted by Gasteiger charge is -2.16. The SMILES string of the molecule is C=C/C(=C1/C=CC=C(C)N1)c1nc(N)c(C(N)=NC(=O)c2ccc(NC)cc2)cc1F. The summed E-state index contributed by atoms with van der Waals surface area (Å²) in [5.74, 6) is -1.52. The molecule has 8 heteroatoms. The number of halogens is 1. The van der Waals surface area contributed by atoms with Crippen LogP contribution in [0.3, 0.4) is 0 Å². The number of carbonyl (C=O) groups is 1. The number of rotatable bonds is 5. The largest absolute Gasteiger partial charge is 0.388 e. The summed E-state index contributed by atoms with van der Waals surface area (Å²) < 4.78 is 15.0. The summed E-state index contributed by atoms with van der Waals surface area (Å²) in [6, 6.07) is 7.81. The number of aliphatic imine (C=N–C) groups is 1. The maximum Gasteiger partial charge on any atom is 0.278 e. The van der Waals surface area contributed by atoms with E-state index in [1.165, 1.54) is 6.08 Å². The number of nitrogens with two attached hydrogens (primary N) is 2. The number of benzene rings is 1. The second-order valence-electron chi connectivity index (χ2n) is 6.75. The van der Waals surface area contributed by atoms with Crippen LogP contribution in [-0.4, -0.2) is 23.8 Å². The van der Waals surface area contributed by atoms with Gasteiger partial charge in [0.15, 0.2) is 0 Å². The van der Waals surface area contributed by atoms with Crippen molar-refractivity contribution in [2.24, 2.45) is 10.7 Å². The Morgan fingerprint density at radius 1 is 1.32 bits per heavy atom. The Morgan fingerprint density at radius 3 is 2.65 bits per heavy atom. The number of pyridine rings is 1. The first-order valence-corrected chi connectivity index (χ1v) is 9.45. The molecule has 0 radical (unpaired) electrons. The van der Waals surface area contributed by atoms with Crippen molar-refractivity contribution in [3.8, 4) is 0 Å². The van der Waals surface area contributed by atoms with Crippen LogP contribution in [0.5, 0.6) is 0 Å². The lowest BCUT2D eigenvalue weighted by molar-refractivity contribution is 0.100. The van der Waals surface area contributed by atoms with E-state index >= 15 is 0 Å². The maximum absolute atomic E-state index is 15.0. The number of anilines is 2. The molecule has 1 aromatic heterocycles. The van der Waals surface area contributed by atoms with Crippen LogP contribution in [0.2, 0.25) is 0 Å². The van der Waals surface area contributed by atoms with Crippen LogP contribution in [0.1, 0.15) is 28.5 Å². The third kappa shape index (κ3) is 4.69. The van der Waals surface area contributed by atoms with Crippen molar-refractivity contribution in [2.45, 2.75) is 6.92 Å². The Balaban J connectivity index is 1.95. The molecule has 0 atom stereocenters. The van der Waals surface area contributed by atoms with Crippen molar-refractivity contribution >= 4 is 28.8 Å². The zero-order valence-electron chi connectivity index (χ0n) is 17.2. The van der Waals surface area contributed by atoms with Gasteiger partial charge in [-0.1, -0.05) is 18.7 Å². The molecule has 2 aromatic rings. The number of hydrogen-bond acceptors (Lipinski definition) is 5. The van der Waals surface area contributed by atoms with Crippen molar-refractivity contribution in [2.75, 3.05) is 18.1 Å². The number of aromatic nitrogens is 1. The predicted octanol–water partition coefficient (Wildman–Crippen LogP) is 3.35. The molecular formula is C23H23FN6O. The molecular weight excluding hydrogens is 395 g/mol. The lowest BCUT2D eigenvalue weighted by Crippen LogP contribution is -2.20. The molecule has 0 saturated carbocycles. The van der Waals surface area contributed by atoms with Gasteiger partial charge in [-0.05, 0) is 49.4 Å². The molecule has 0 unspecified atom stereocenters. The number of amides is 1. The minimum atomic E-state index is -0.669. The molecule has 0 bridgehead atoms. The zero-order valence-corrected chi connectivity index (χ0v) is 17.2. The highest BCUT2D eigenvalue weighted by Gasteiger charge is 2.18. The predicted molar refractivity (Wildman–Crippen MR) is 123 cm³/mol. The molecule has 31 heavy (non-hydrogen) atoms. The summed E-state index contributed by atoms with van der Waals surface area (Å²) in [7, 11) is 1.77. The molecule has 158 valence electrons. The van der Waals surface area contributed by atoms with Crippen molar-refractivity contribution in [3.05, 3.63) is 95.2 Å². The Bertz CT molecular complexity index is 1160. The van der Waals surface area contributed by atoms with Crippen molar-refractivity contribution in [1.29, 1.82) is 0 Å². The van der Waals surface area contributed by atoms with E-state index in [1.54, 1.807) is 37.4 Å². The number of nitrogen functional groups attached to an aromatic ring is 1. The van der Waals surface area contributed by atoms with Crippen LogP contribution in [0.4, 0.5) is 15.9 Å². The van der Waals surface area contributed by atoms with Crippen LogP contribution < -0.4 is 22.1 Å². The van der Waals surface area contributed by atoms with Crippen LogP contribution in [-0.2, 0) is 0 Å². The number of amidine groups is 1. The van der Waals surface area contributed by atoms with Gasteiger partial charge in [-0.3, -0.25) is 4.79 Å². The van der Waals surface area contributed by atoms with Gasteiger partial charge in [0.25, 0.3) is 5.91 Å². The Hall–Kier alpha value is -4.20.